The second kappa shape index (κ2) is 59.2. The topological polar surface area (TPSA) is 280 Å². The minimum atomic E-state index is -0.146. The number of phenolic OH excluding ortho intramolecular Hbond substituents is 10. The number of allylic oxidation sites excluding steroid dienone is 11. The van der Waals surface area contributed by atoms with Crippen molar-refractivity contribution in [1.82, 2.24) is 0 Å². The SMILES string of the molecule is C=C(C)c1c(C)cccc1O.C=C(C)c1cc(C)ccc1O.C=C(C)c1ccc(C)cc1O.C=C(C)c1cccc(CO)c1O.C=C(C)c1ccccc1O.C=CCc1cc(O)cc(OC)c1.C=CCc1cc(O)ccc1OC.C=CCc1ccc(O)c(OC)c1.C=CCc1ccc(O)cc1.C=CCc1cccc(O)c1.C=CCc1cccc(O)c1OC. The first-order chi connectivity index (χ1) is 58.5. The number of methoxy groups -OCH3 is 4. The number of aliphatic hydroxyl groups excluding tert-OH is 1. The monoisotopic (exact) mass is 1670 g/mol. The highest BCUT2D eigenvalue weighted by molar-refractivity contribution is 5.71. The van der Waals surface area contributed by atoms with E-state index in [0.717, 1.165) is 126 Å². The molecule has 0 saturated heterocycles. The number of ether oxygens (including phenoxy) is 4. The van der Waals surface area contributed by atoms with Gasteiger partial charge in [-0.3, -0.25) is 0 Å². The summed E-state index contributed by atoms with van der Waals surface area (Å²) in [6.45, 7) is 55.6. The Bertz CT molecular complexity index is 5170. The highest BCUT2D eigenvalue weighted by Crippen LogP contribution is 2.33. The summed E-state index contributed by atoms with van der Waals surface area (Å²) in [4.78, 5) is 0. The van der Waals surface area contributed by atoms with E-state index < -0.39 is 0 Å². The Kier molecular flexibility index (Phi) is 51.3. The number of aliphatic hydroxyl groups is 1. The van der Waals surface area contributed by atoms with Crippen molar-refractivity contribution in [2.45, 2.75) is 101 Å². The summed E-state index contributed by atoms with van der Waals surface area (Å²) in [6, 6.07) is 64.0. The molecule has 16 heteroatoms. The van der Waals surface area contributed by atoms with Crippen molar-refractivity contribution >= 4 is 27.9 Å². The third-order valence-electron chi connectivity index (χ3n) is 17.1. The molecule has 0 heterocycles. The molecule has 11 aromatic carbocycles. The highest BCUT2D eigenvalue weighted by atomic mass is 16.5. The summed E-state index contributed by atoms with van der Waals surface area (Å²) in [5.41, 5.74) is 18.5. The summed E-state index contributed by atoms with van der Waals surface area (Å²) >= 11 is 0. The van der Waals surface area contributed by atoms with E-state index in [1.807, 2.05) is 165 Å². The van der Waals surface area contributed by atoms with Crippen LogP contribution in [0.1, 0.15) is 118 Å². The average molecular weight is 1670 g/mol. The molecule has 11 aromatic rings. The van der Waals surface area contributed by atoms with E-state index in [2.05, 4.69) is 72.4 Å². The number of aryl methyl sites for hydroxylation is 3. The number of aromatic hydroxyl groups is 11. The number of hydrogen-bond donors (Lipinski definition) is 12. The van der Waals surface area contributed by atoms with Crippen molar-refractivity contribution in [1.29, 1.82) is 0 Å². The van der Waals surface area contributed by atoms with Gasteiger partial charge in [-0.15, -0.1) is 39.5 Å². The average Bonchev–Trinajstić information content (AvgIpc) is 0.853. The minimum Gasteiger partial charge on any atom is -0.508 e. The van der Waals surface area contributed by atoms with Gasteiger partial charge in [-0.2, -0.15) is 0 Å². The number of phenols is 11. The second-order valence-electron chi connectivity index (χ2n) is 27.7. The van der Waals surface area contributed by atoms with Gasteiger partial charge in [-0.05, 0) is 258 Å². The molecule has 16 nitrogen and oxygen atoms in total. The third-order valence-corrected chi connectivity index (χ3v) is 17.1. The van der Waals surface area contributed by atoms with Gasteiger partial charge in [0.2, 0.25) is 0 Å². The fourth-order valence-electron chi connectivity index (χ4n) is 11.0. The number of rotatable bonds is 22. The zero-order valence-electron chi connectivity index (χ0n) is 73.5. The first kappa shape index (κ1) is 107. The summed E-state index contributed by atoms with van der Waals surface area (Å²) < 4.78 is 20.1. The standard InChI is InChI=1S/5C10H12O2.3C10H12O.3C9H10O/c1-7(2)9-5-3-4-8(6-11)10(9)12;1-3-5-8-6-4-7-9(11)10(8)12-2;1-3-4-8-5-9(11)7-10(6-8)12-2;1-3-4-8-7-9(11)5-6-10(8)12-2;1-3-4-8-5-6-9(11)10(7-8)12-2;1-7(2)9-6-8(3)4-5-10(9)11;1-7(2)9-5-4-8(3)6-10(9)11;1-7(2)10-8(3)5-4-6-9(10)11;1-7(2)8-5-3-4-6-9(8)10;1-2-4-8-5-3-6-9(10)7-8;1-2-3-8-4-6-9(10)7-5-8/h3-5,11-12H,1,6H2,2H3;3-4,6-7,11H,1,5H2,2H3;3*3,5-7,11H,1,4H2,2H3;3*4-6,11H,1H2,2-3H3;3-6,10H,1H2,2H3;2-3,5-7,10H,1,4H2;2,4-7,10H,1,3H2. The molecule has 11 rings (SSSR count). The predicted octanol–water partition coefficient (Wildman–Crippen LogP) is 25.3. The molecular formula is C107H126O16. The predicted molar refractivity (Wildman–Crippen MR) is 512 cm³/mol. The lowest BCUT2D eigenvalue weighted by Gasteiger charge is -2.07. The summed E-state index contributed by atoms with van der Waals surface area (Å²) in [6.07, 6.45) is 15.4. The van der Waals surface area contributed by atoms with E-state index in [0.29, 0.717) is 75.7 Å². The molecule has 0 aliphatic heterocycles. The number of para-hydroxylation sites is 3. The van der Waals surface area contributed by atoms with Gasteiger partial charge in [0.05, 0.1) is 35.0 Å². The van der Waals surface area contributed by atoms with Crippen LogP contribution >= 0.6 is 0 Å². The van der Waals surface area contributed by atoms with Gasteiger partial charge in [0.25, 0.3) is 0 Å². The lowest BCUT2D eigenvalue weighted by Crippen LogP contribution is -1.90. The van der Waals surface area contributed by atoms with Gasteiger partial charge in [0.15, 0.2) is 23.0 Å². The third kappa shape index (κ3) is 41.2. The maximum atomic E-state index is 9.54. The molecule has 0 aliphatic rings. The van der Waals surface area contributed by atoms with E-state index in [-0.39, 0.29) is 35.4 Å². The van der Waals surface area contributed by atoms with Crippen molar-refractivity contribution in [2.75, 3.05) is 28.4 Å². The van der Waals surface area contributed by atoms with Gasteiger partial charge >= 0.3 is 0 Å². The van der Waals surface area contributed by atoms with Crippen LogP contribution in [0.5, 0.6) is 86.2 Å². The van der Waals surface area contributed by atoms with E-state index in [9.17, 15) is 40.9 Å². The number of hydrogen-bond acceptors (Lipinski definition) is 16. The van der Waals surface area contributed by atoms with Crippen LogP contribution in [-0.2, 0) is 45.1 Å². The zero-order chi connectivity index (χ0) is 92.7. The normalized spacial score (nSPS) is 9.47. The Morgan fingerprint density at radius 1 is 0.293 bits per heavy atom. The van der Waals surface area contributed by atoms with Gasteiger partial charge in [0.1, 0.15) is 63.2 Å². The lowest BCUT2D eigenvalue weighted by atomic mass is 10.0. The van der Waals surface area contributed by atoms with Gasteiger partial charge in [-0.25, -0.2) is 0 Å². The highest BCUT2D eigenvalue weighted by Gasteiger charge is 2.10. The Labute approximate surface area is 729 Å². The maximum absolute atomic E-state index is 9.54. The Balaban J connectivity index is 0.000000677. The van der Waals surface area contributed by atoms with Crippen LogP contribution in [0.4, 0.5) is 0 Å². The van der Waals surface area contributed by atoms with E-state index in [1.54, 1.807) is 167 Å². The second-order valence-corrected chi connectivity index (χ2v) is 27.7. The molecule has 0 fully saturated rings. The zero-order valence-corrected chi connectivity index (χ0v) is 73.5. The molecule has 0 radical (unpaired) electrons. The number of benzene rings is 11. The van der Waals surface area contributed by atoms with Crippen LogP contribution in [0.15, 0.2) is 327 Å². The van der Waals surface area contributed by atoms with Crippen LogP contribution in [0.2, 0.25) is 0 Å². The molecule has 0 bridgehead atoms. The molecule has 0 aromatic heterocycles. The van der Waals surface area contributed by atoms with Crippen LogP contribution in [0.3, 0.4) is 0 Å². The lowest BCUT2D eigenvalue weighted by molar-refractivity contribution is 0.275. The quantitative estimate of drug-likeness (QED) is 0.0281. The summed E-state index contributed by atoms with van der Waals surface area (Å²) in [5, 5.41) is 111. The minimum absolute atomic E-state index is 0.132. The van der Waals surface area contributed by atoms with E-state index in [1.165, 1.54) is 12.7 Å². The van der Waals surface area contributed by atoms with Crippen molar-refractivity contribution in [3.8, 4) is 86.2 Å². The van der Waals surface area contributed by atoms with Gasteiger partial charge < -0.3 is 80.2 Å². The smallest absolute Gasteiger partial charge is 0.163 e. The van der Waals surface area contributed by atoms with Gasteiger partial charge in [-0.1, -0.05) is 184 Å². The molecule has 12 N–H and O–H groups in total. The van der Waals surface area contributed by atoms with Crippen molar-refractivity contribution in [3.05, 3.63) is 411 Å². The van der Waals surface area contributed by atoms with Crippen LogP contribution in [0, 0.1) is 20.8 Å². The largest absolute Gasteiger partial charge is 0.508 e. The molecule has 0 saturated carbocycles. The summed E-state index contributed by atoms with van der Waals surface area (Å²) in [7, 11) is 6.26. The van der Waals surface area contributed by atoms with Crippen molar-refractivity contribution in [3.63, 3.8) is 0 Å². The molecule has 0 spiro atoms. The fourth-order valence-corrected chi connectivity index (χ4v) is 11.0. The molecule has 123 heavy (non-hydrogen) atoms. The van der Waals surface area contributed by atoms with Crippen LogP contribution in [-0.4, -0.2) is 89.7 Å². The van der Waals surface area contributed by atoms with Crippen LogP contribution < -0.4 is 18.9 Å². The van der Waals surface area contributed by atoms with E-state index in [4.69, 9.17) is 39.4 Å². The molecule has 0 unspecified atom stereocenters. The molecule has 0 atom stereocenters. The fraction of sp³-hybridized carbons (Fsp3) is 0.178. The van der Waals surface area contributed by atoms with E-state index >= 15 is 0 Å². The summed E-state index contributed by atoms with van der Waals surface area (Å²) in [5.74, 6) is 5.35. The molecule has 650 valence electrons. The molecular weight excluding hydrogens is 1540 g/mol. The molecule has 0 amide bonds. The first-order valence-corrected chi connectivity index (χ1v) is 39.0. The Morgan fingerprint density at radius 3 is 1.24 bits per heavy atom. The van der Waals surface area contributed by atoms with Gasteiger partial charge in [0, 0.05) is 50.6 Å². The van der Waals surface area contributed by atoms with Crippen LogP contribution in [0.25, 0.3) is 27.9 Å². The first-order valence-electron chi connectivity index (χ1n) is 39.0. The maximum Gasteiger partial charge on any atom is 0.163 e. The van der Waals surface area contributed by atoms with Crippen molar-refractivity contribution < 1.29 is 80.2 Å². The Hall–Kier alpha value is -14.5. The molecule has 0 aliphatic carbocycles. The Morgan fingerprint density at radius 2 is 0.740 bits per heavy atom. The van der Waals surface area contributed by atoms with Crippen molar-refractivity contribution in [2.24, 2.45) is 0 Å².